The van der Waals surface area contributed by atoms with Crippen LogP contribution < -0.4 is 4.72 Å². The van der Waals surface area contributed by atoms with Crippen molar-refractivity contribution in [2.24, 2.45) is 0 Å². The highest BCUT2D eigenvalue weighted by Gasteiger charge is 2.38. The molecular formula is C10H19NO4S. The van der Waals surface area contributed by atoms with Crippen LogP contribution >= 0.6 is 0 Å². The summed E-state index contributed by atoms with van der Waals surface area (Å²) in [5, 5.41) is -0.322. The van der Waals surface area contributed by atoms with Gasteiger partial charge in [0.25, 0.3) is 0 Å². The molecule has 1 rings (SSSR count). The minimum Gasteiger partial charge on any atom is -0.459 e. The Labute approximate surface area is 96.6 Å². The molecule has 1 saturated carbocycles. The Bertz CT molecular complexity index is 365. The minimum absolute atomic E-state index is 0.322. The third-order valence-electron chi connectivity index (χ3n) is 2.06. The zero-order valence-corrected chi connectivity index (χ0v) is 10.9. The summed E-state index contributed by atoms with van der Waals surface area (Å²) in [6.45, 7) is 6.72. The van der Waals surface area contributed by atoms with Gasteiger partial charge in [-0.2, -0.15) is 0 Å². The Morgan fingerprint density at radius 3 is 2.25 bits per heavy atom. The van der Waals surface area contributed by atoms with E-state index in [0.29, 0.717) is 12.8 Å². The van der Waals surface area contributed by atoms with Gasteiger partial charge in [0.05, 0.1) is 5.25 Å². The van der Waals surface area contributed by atoms with E-state index in [1.807, 2.05) is 0 Å². The molecule has 0 aromatic carbocycles. The molecule has 1 fully saturated rings. The van der Waals surface area contributed by atoms with Gasteiger partial charge < -0.3 is 4.74 Å². The van der Waals surface area contributed by atoms with Crippen LogP contribution in [0.4, 0.5) is 0 Å². The molecule has 16 heavy (non-hydrogen) atoms. The van der Waals surface area contributed by atoms with Crippen LogP contribution in [0.15, 0.2) is 0 Å². The maximum Gasteiger partial charge on any atom is 0.324 e. The molecule has 0 amide bonds. The van der Waals surface area contributed by atoms with Gasteiger partial charge in [-0.25, -0.2) is 13.1 Å². The smallest absolute Gasteiger partial charge is 0.324 e. The number of nitrogens with one attached hydrogen (secondary N) is 1. The predicted octanol–water partition coefficient (Wildman–Crippen LogP) is 0.798. The van der Waals surface area contributed by atoms with Crippen molar-refractivity contribution < 1.29 is 17.9 Å². The highest BCUT2D eigenvalue weighted by molar-refractivity contribution is 7.90. The molecule has 0 bridgehead atoms. The Kier molecular flexibility index (Phi) is 3.64. The van der Waals surface area contributed by atoms with Gasteiger partial charge in [0.15, 0.2) is 0 Å². The summed E-state index contributed by atoms with van der Waals surface area (Å²) < 4.78 is 30.5. The molecule has 0 unspecified atom stereocenters. The first-order valence-corrected chi connectivity index (χ1v) is 6.90. The molecule has 1 atom stereocenters. The molecule has 0 saturated heterocycles. The van der Waals surface area contributed by atoms with E-state index >= 15 is 0 Å². The standard InChI is InChI=1S/C10H19NO4S/c1-7(9(12)15-10(2,3)4)11-16(13,14)8-5-6-8/h7-8,11H,5-6H2,1-4H3/t7-/m0/s1. The van der Waals surface area contributed by atoms with Crippen molar-refractivity contribution in [1.82, 2.24) is 4.72 Å². The monoisotopic (exact) mass is 249 g/mol. The Balaban J connectivity index is 2.52. The van der Waals surface area contributed by atoms with Crippen molar-refractivity contribution in [3.05, 3.63) is 0 Å². The zero-order valence-electron chi connectivity index (χ0n) is 10.1. The summed E-state index contributed by atoms with van der Waals surface area (Å²) in [5.41, 5.74) is -0.601. The SMILES string of the molecule is C[C@H](NS(=O)(=O)C1CC1)C(=O)OC(C)(C)C. The van der Waals surface area contributed by atoms with Gasteiger partial charge in [0.2, 0.25) is 10.0 Å². The van der Waals surface area contributed by atoms with Crippen molar-refractivity contribution in [2.45, 2.75) is 57.4 Å². The lowest BCUT2D eigenvalue weighted by molar-refractivity contribution is -0.156. The summed E-state index contributed by atoms with van der Waals surface area (Å²) in [5.74, 6) is -0.545. The molecule has 0 aromatic rings. The van der Waals surface area contributed by atoms with Gasteiger partial charge >= 0.3 is 5.97 Å². The number of rotatable bonds is 4. The largest absolute Gasteiger partial charge is 0.459 e. The van der Waals surface area contributed by atoms with E-state index in [-0.39, 0.29) is 5.25 Å². The maximum atomic E-state index is 11.6. The van der Waals surface area contributed by atoms with Gasteiger partial charge in [-0.05, 0) is 40.5 Å². The number of hydrogen-bond donors (Lipinski definition) is 1. The van der Waals surface area contributed by atoms with Gasteiger partial charge in [-0.1, -0.05) is 0 Å². The fraction of sp³-hybridized carbons (Fsp3) is 0.900. The lowest BCUT2D eigenvalue weighted by Crippen LogP contribution is -2.43. The maximum absolute atomic E-state index is 11.6. The van der Waals surface area contributed by atoms with E-state index in [2.05, 4.69) is 4.72 Å². The highest BCUT2D eigenvalue weighted by atomic mass is 32.2. The third-order valence-corrected chi connectivity index (χ3v) is 4.10. The lowest BCUT2D eigenvalue weighted by atomic mass is 10.2. The molecule has 1 N–H and O–H groups in total. The molecule has 94 valence electrons. The first-order valence-electron chi connectivity index (χ1n) is 5.36. The quantitative estimate of drug-likeness (QED) is 0.748. The van der Waals surface area contributed by atoms with E-state index < -0.39 is 27.6 Å². The van der Waals surface area contributed by atoms with Crippen LogP contribution in [0.1, 0.15) is 40.5 Å². The lowest BCUT2D eigenvalue weighted by Gasteiger charge is -2.22. The molecular weight excluding hydrogens is 230 g/mol. The summed E-state index contributed by atoms with van der Waals surface area (Å²) in [4.78, 5) is 11.5. The van der Waals surface area contributed by atoms with Crippen molar-refractivity contribution in [2.75, 3.05) is 0 Å². The Hall–Kier alpha value is -0.620. The predicted molar refractivity (Wildman–Crippen MR) is 60.4 cm³/mol. The first-order chi connectivity index (χ1) is 7.12. The number of hydrogen-bond acceptors (Lipinski definition) is 4. The number of carbonyl (C=O) groups excluding carboxylic acids is 1. The van der Waals surface area contributed by atoms with E-state index in [1.165, 1.54) is 6.92 Å². The second kappa shape index (κ2) is 4.33. The molecule has 1 aliphatic carbocycles. The molecule has 0 aliphatic heterocycles. The summed E-state index contributed by atoms with van der Waals surface area (Å²) >= 11 is 0. The number of ether oxygens (including phenoxy) is 1. The summed E-state index contributed by atoms with van der Waals surface area (Å²) in [6, 6.07) is -0.829. The van der Waals surface area contributed by atoms with E-state index in [9.17, 15) is 13.2 Å². The minimum atomic E-state index is -3.34. The normalized spacial score (nSPS) is 19.2. The van der Waals surface area contributed by atoms with Crippen molar-refractivity contribution in [3.63, 3.8) is 0 Å². The van der Waals surface area contributed by atoms with Gasteiger partial charge in [-0.3, -0.25) is 4.79 Å². The third kappa shape index (κ3) is 4.09. The van der Waals surface area contributed by atoms with E-state index in [0.717, 1.165) is 0 Å². The van der Waals surface area contributed by atoms with Crippen LogP contribution in [0.3, 0.4) is 0 Å². The topological polar surface area (TPSA) is 72.5 Å². The van der Waals surface area contributed by atoms with E-state index in [1.54, 1.807) is 20.8 Å². The van der Waals surface area contributed by atoms with Crippen LogP contribution in [0.25, 0.3) is 0 Å². The number of carbonyl (C=O) groups is 1. The Morgan fingerprint density at radius 2 is 1.88 bits per heavy atom. The summed E-state index contributed by atoms with van der Waals surface area (Å²) in [7, 11) is -3.34. The zero-order chi connectivity index (χ0) is 12.6. The Morgan fingerprint density at radius 1 is 1.38 bits per heavy atom. The van der Waals surface area contributed by atoms with Crippen molar-refractivity contribution in [1.29, 1.82) is 0 Å². The van der Waals surface area contributed by atoms with Gasteiger partial charge in [0.1, 0.15) is 11.6 Å². The highest BCUT2D eigenvalue weighted by Crippen LogP contribution is 2.27. The molecule has 0 radical (unpaired) electrons. The molecule has 5 nitrogen and oxygen atoms in total. The van der Waals surface area contributed by atoms with Crippen LogP contribution in [0.5, 0.6) is 0 Å². The average molecular weight is 249 g/mol. The fourth-order valence-electron chi connectivity index (χ4n) is 1.16. The first kappa shape index (κ1) is 13.4. The molecule has 0 spiro atoms. The van der Waals surface area contributed by atoms with E-state index in [4.69, 9.17) is 4.74 Å². The van der Waals surface area contributed by atoms with Crippen molar-refractivity contribution in [3.8, 4) is 0 Å². The second-order valence-electron chi connectivity index (χ2n) is 5.12. The van der Waals surface area contributed by atoms with Gasteiger partial charge in [-0.15, -0.1) is 0 Å². The molecule has 0 heterocycles. The van der Waals surface area contributed by atoms with Gasteiger partial charge in [0, 0.05) is 0 Å². The van der Waals surface area contributed by atoms with Crippen LogP contribution in [-0.2, 0) is 19.6 Å². The molecule has 0 aromatic heterocycles. The van der Waals surface area contributed by atoms with Crippen molar-refractivity contribution >= 4 is 16.0 Å². The molecule has 1 aliphatic rings. The number of esters is 1. The fourth-order valence-corrected chi connectivity index (χ4v) is 2.70. The van der Waals surface area contributed by atoms with Crippen LogP contribution in [-0.4, -0.2) is 31.3 Å². The average Bonchev–Trinajstić information content (AvgIpc) is 2.80. The number of sulfonamides is 1. The second-order valence-corrected chi connectivity index (χ2v) is 7.11. The van der Waals surface area contributed by atoms with Crippen LogP contribution in [0, 0.1) is 0 Å². The summed E-state index contributed by atoms with van der Waals surface area (Å²) in [6.07, 6.45) is 1.35. The van der Waals surface area contributed by atoms with Crippen LogP contribution in [0.2, 0.25) is 0 Å². The molecule has 6 heteroatoms.